The highest BCUT2D eigenvalue weighted by Crippen LogP contribution is 2.42. The number of aliphatic hydroxyl groups is 1. The van der Waals surface area contributed by atoms with Gasteiger partial charge in [-0.3, -0.25) is 14.5 Å². The Hall–Kier alpha value is -4.39. The van der Waals surface area contributed by atoms with Gasteiger partial charge in [-0.15, -0.1) is 0 Å². The van der Waals surface area contributed by atoms with Crippen LogP contribution in [0, 0.1) is 13.8 Å². The maximum Gasteiger partial charge on any atom is 0.302 e. The first-order valence-corrected chi connectivity index (χ1v) is 13.5. The Morgan fingerprint density at radius 1 is 1.00 bits per heavy atom. The number of amides is 1. The molecule has 7 nitrogen and oxygen atoms in total. The van der Waals surface area contributed by atoms with E-state index < -0.39 is 17.7 Å². The third kappa shape index (κ3) is 4.88. The van der Waals surface area contributed by atoms with Crippen molar-refractivity contribution in [3.05, 3.63) is 94.1 Å². The first-order chi connectivity index (χ1) is 18.8. The first kappa shape index (κ1) is 27.2. The van der Waals surface area contributed by atoms with Crippen molar-refractivity contribution in [3.8, 4) is 5.75 Å². The quantitative estimate of drug-likeness (QED) is 0.164. The number of benzene rings is 3. The van der Waals surface area contributed by atoms with E-state index in [1.165, 1.54) is 4.90 Å². The topological polar surface area (TPSA) is 95.5 Å². The summed E-state index contributed by atoms with van der Waals surface area (Å²) in [6, 6.07) is 18.0. The molecule has 40 heavy (non-hydrogen) atoms. The first-order valence-electron chi connectivity index (χ1n) is 13.5. The number of ether oxygens (including phenoxy) is 1. The summed E-state index contributed by atoms with van der Waals surface area (Å²) in [5, 5.41) is 11.6. The molecule has 2 N–H and O–H groups in total. The zero-order chi connectivity index (χ0) is 28.9. The number of hydrogen-bond donors (Lipinski definition) is 2. The molecule has 1 saturated heterocycles. The molecule has 1 unspecified atom stereocenters. The van der Waals surface area contributed by atoms with E-state index in [9.17, 15) is 14.7 Å². The Morgan fingerprint density at radius 2 is 1.70 bits per heavy atom. The van der Waals surface area contributed by atoms with E-state index >= 15 is 0 Å². The molecular weight excluding hydrogens is 502 g/mol. The van der Waals surface area contributed by atoms with E-state index in [0.29, 0.717) is 22.4 Å². The molecule has 1 fully saturated rings. The van der Waals surface area contributed by atoms with E-state index in [0.717, 1.165) is 22.2 Å². The van der Waals surface area contributed by atoms with Crippen LogP contribution in [0.2, 0.25) is 0 Å². The second-order valence-corrected chi connectivity index (χ2v) is 11.8. The zero-order valence-corrected chi connectivity index (χ0v) is 24.0. The molecular formula is C33H35N3O4. The summed E-state index contributed by atoms with van der Waals surface area (Å²) in [5.74, 6) is -0.808. The van der Waals surface area contributed by atoms with Crippen molar-refractivity contribution < 1.29 is 19.4 Å². The van der Waals surface area contributed by atoms with Crippen LogP contribution in [0.3, 0.4) is 0 Å². The minimum Gasteiger partial charge on any atom is -0.507 e. The Labute approximate surface area is 234 Å². The van der Waals surface area contributed by atoms with Crippen molar-refractivity contribution in [1.82, 2.24) is 9.97 Å². The number of fused-ring (bicyclic) bond motifs is 1. The highest BCUT2D eigenvalue weighted by atomic mass is 16.5. The Kier molecular flexibility index (Phi) is 6.78. The number of H-pyrrole nitrogens is 1. The number of rotatable bonds is 5. The number of imidazole rings is 1. The third-order valence-electron chi connectivity index (χ3n) is 7.20. The minimum atomic E-state index is -0.873. The summed E-state index contributed by atoms with van der Waals surface area (Å²) in [5.41, 5.74) is 5.48. The number of hydrogen-bond acceptors (Lipinski definition) is 5. The fraction of sp³-hybridized carbons (Fsp3) is 0.303. The normalized spacial score (nSPS) is 17.3. The van der Waals surface area contributed by atoms with Crippen LogP contribution in [-0.4, -0.2) is 32.9 Å². The van der Waals surface area contributed by atoms with Gasteiger partial charge in [-0.1, -0.05) is 51.1 Å². The molecule has 1 aliphatic heterocycles. The summed E-state index contributed by atoms with van der Waals surface area (Å²) < 4.78 is 5.85. The van der Waals surface area contributed by atoms with E-state index in [4.69, 9.17) is 4.74 Å². The van der Waals surface area contributed by atoms with Crippen LogP contribution in [0.1, 0.15) is 68.5 Å². The number of aromatic amines is 1. The largest absolute Gasteiger partial charge is 0.507 e. The SMILES string of the molecule is Cc1ccc2nc(N3C(=O)C(=O)/C(=C(/O)c4ccc(OC(C)C)c(C)c4)C3c3ccc(C(C)(C)C)cc3)[nH]c2c1. The fourth-order valence-electron chi connectivity index (χ4n) is 5.09. The molecule has 1 atom stereocenters. The van der Waals surface area contributed by atoms with Gasteiger partial charge >= 0.3 is 5.91 Å². The maximum atomic E-state index is 13.6. The smallest absolute Gasteiger partial charge is 0.302 e. The number of carbonyl (C=O) groups excluding carboxylic acids is 2. The Balaban J connectivity index is 1.69. The van der Waals surface area contributed by atoms with Crippen molar-refractivity contribution in [3.63, 3.8) is 0 Å². The van der Waals surface area contributed by atoms with Gasteiger partial charge in [0.15, 0.2) is 0 Å². The van der Waals surface area contributed by atoms with Gasteiger partial charge < -0.3 is 14.8 Å². The van der Waals surface area contributed by atoms with Crippen molar-refractivity contribution in [2.75, 3.05) is 4.90 Å². The molecule has 1 amide bonds. The standard InChI is InChI=1S/C33H35N3O4/c1-18(2)40-26-15-11-22(17-20(26)4)29(37)27-28(21-9-12-23(13-10-21)33(5,6)7)36(31(39)30(27)38)32-34-24-14-8-19(3)16-25(24)35-32/h8-18,28,37H,1-7H3,(H,34,35)/b29-27+. The molecule has 0 bridgehead atoms. The molecule has 0 radical (unpaired) electrons. The second-order valence-electron chi connectivity index (χ2n) is 11.8. The van der Waals surface area contributed by atoms with Gasteiger partial charge in [0.05, 0.1) is 28.8 Å². The lowest BCUT2D eigenvalue weighted by Gasteiger charge is -2.25. The third-order valence-corrected chi connectivity index (χ3v) is 7.20. The molecule has 206 valence electrons. The molecule has 5 rings (SSSR count). The summed E-state index contributed by atoms with van der Waals surface area (Å²) in [4.78, 5) is 36.4. The number of nitrogens with zero attached hydrogens (tertiary/aromatic N) is 2. The number of aryl methyl sites for hydroxylation is 2. The number of Topliss-reactive ketones (excluding diaryl/α,β-unsaturated/α-hetero) is 1. The summed E-state index contributed by atoms with van der Waals surface area (Å²) >= 11 is 0. The Bertz CT molecular complexity index is 1660. The van der Waals surface area contributed by atoms with Crippen LogP contribution >= 0.6 is 0 Å². The van der Waals surface area contributed by atoms with Gasteiger partial charge in [0.25, 0.3) is 5.78 Å². The fourth-order valence-corrected chi connectivity index (χ4v) is 5.09. The van der Waals surface area contributed by atoms with Crippen LogP contribution in [0.4, 0.5) is 5.95 Å². The number of aromatic nitrogens is 2. The average molecular weight is 538 g/mol. The van der Waals surface area contributed by atoms with Gasteiger partial charge in [0.1, 0.15) is 11.5 Å². The van der Waals surface area contributed by atoms with E-state index in [1.807, 2.05) is 70.2 Å². The molecule has 4 aromatic rings. The second kappa shape index (κ2) is 9.97. The average Bonchev–Trinajstić information content (AvgIpc) is 3.41. The predicted octanol–water partition coefficient (Wildman–Crippen LogP) is 6.89. The van der Waals surface area contributed by atoms with E-state index in [1.54, 1.807) is 18.2 Å². The zero-order valence-electron chi connectivity index (χ0n) is 24.0. The lowest BCUT2D eigenvalue weighted by atomic mass is 9.85. The number of aliphatic hydroxyl groups excluding tert-OH is 1. The molecule has 0 saturated carbocycles. The molecule has 1 aromatic heterocycles. The summed E-state index contributed by atoms with van der Waals surface area (Å²) in [6.45, 7) is 14.1. The molecule has 0 spiro atoms. The van der Waals surface area contributed by atoms with Gasteiger partial charge in [-0.25, -0.2) is 4.98 Å². The molecule has 0 aliphatic carbocycles. The molecule has 1 aliphatic rings. The van der Waals surface area contributed by atoms with Gasteiger partial charge in [-0.05, 0) is 85.7 Å². The van der Waals surface area contributed by atoms with Gasteiger partial charge in [0, 0.05) is 5.56 Å². The number of ketones is 1. The van der Waals surface area contributed by atoms with Crippen LogP contribution in [0.15, 0.2) is 66.2 Å². The van der Waals surface area contributed by atoms with E-state index in [2.05, 4.69) is 30.7 Å². The van der Waals surface area contributed by atoms with Crippen LogP contribution < -0.4 is 9.64 Å². The van der Waals surface area contributed by atoms with Crippen LogP contribution in [0.5, 0.6) is 5.75 Å². The molecule has 3 aromatic carbocycles. The lowest BCUT2D eigenvalue weighted by Crippen LogP contribution is -2.30. The summed E-state index contributed by atoms with van der Waals surface area (Å²) in [7, 11) is 0. The van der Waals surface area contributed by atoms with Crippen molar-refractivity contribution in [1.29, 1.82) is 0 Å². The van der Waals surface area contributed by atoms with Gasteiger partial charge in [-0.2, -0.15) is 0 Å². The predicted molar refractivity (Wildman–Crippen MR) is 158 cm³/mol. The maximum absolute atomic E-state index is 13.6. The van der Waals surface area contributed by atoms with E-state index in [-0.39, 0.29) is 28.8 Å². The number of nitrogens with one attached hydrogen (secondary N) is 1. The molecule has 2 heterocycles. The highest BCUT2D eigenvalue weighted by Gasteiger charge is 2.48. The van der Waals surface area contributed by atoms with Crippen molar-refractivity contribution in [2.45, 2.75) is 66.0 Å². The Morgan fingerprint density at radius 3 is 2.33 bits per heavy atom. The highest BCUT2D eigenvalue weighted by molar-refractivity contribution is 6.51. The van der Waals surface area contributed by atoms with Gasteiger partial charge in [0.2, 0.25) is 5.95 Å². The monoisotopic (exact) mass is 537 g/mol. The molecule has 7 heteroatoms. The summed E-state index contributed by atoms with van der Waals surface area (Å²) in [6.07, 6.45) is -0.00728. The number of anilines is 1. The van der Waals surface area contributed by atoms with Crippen LogP contribution in [0.25, 0.3) is 16.8 Å². The minimum absolute atomic E-state index is 0.00728. The van der Waals surface area contributed by atoms with Crippen LogP contribution in [-0.2, 0) is 15.0 Å². The van der Waals surface area contributed by atoms with Crippen molar-refractivity contribution >= 4 is 34.4 Å². The van der Waals surface area contributed by atoms with Crippen molar-refractivity contribution in [2.24, 2.45) is 0 Å². The lowest BCUT2D eigenvalue weighted by molar-refractivity contribution is -0.132. The number of carbonyl (C=O) groups is 2.